The second kappa shape index (κ2) is 4.46. The van der Waals surface area contributed by atoms with E-state index in [9.17, 15) is 0 Å². The second-order valence-corrected chi connectivity index (χ2v) is 4.18. The average molecular weight is 248 g/mol. The summed E-state index contributed by atoms with van der Waals surface area (Å²) in [7, 11) is 0. The summed E-state index contributed by atoms with van der Waals surface area (Å²) >= 11 is 0. The molecule has 92 valence electrons. The Labute approximate surface area is 111 Å². The normalized spacial score (nSPS) is 10.3. The Morgan fingerprint density at radius 1 is 1.26 bits per heavy atom. The highest BCUT2D eigenvalue weighted by Crippen LogP contribution is 2.24. The number of terminal acetylenes is 1. The Kier molecular flexibility index (Phi) is 2.66. The van der Waals surface area contributed by atoms with Gasteiger partial charge in [-0.1, -0.05) is 12.5 Å². The molecular formula is C15H12N4. The van der Waals surface area contributed by atoms with Crippen LogP contribution in [0.25, 0.3) is 16.9 Å². The zero-order valence-corrected chi connectivity index (χ0v) is 10.5. The SMILES string of the molecule is C#CNc1ccc(-c2c(C)nc3ccccn23)cn1. The molecule has 0 aromatic carbocycles. The van der Waals surface area contributed by atoms with Gasteiger partial charge in [-0.3, -0.25) is 9.72 Å². The van der Waals surface area contributed by atoms with Crippen LogP contribution >= 0.6 is 0 Å². The molecule has 0 aliphatic rings. The van der Waals surface area contributed by atoms with E-state index in [0.717, 1.165) is 22.6 Å². The third-order valence-corrected chi connectivity index (χ3v) is 2.94. The zero-order chi connectivity index (χ0) is 13.2. The molecule has 4 nitrogen and oxygen atoms in total. The summed E-state index contributed by atoms with van der Waals surface area (Å²) in [5, 5.41) is 2.73. The number of hydrogen-bond donors (Lipinski definition) is 1. The fraction of sp³-hybridized carbons (Fsp3) is 0.0667. The molecule has 3 rings (SSSR count). The monoisotopic (exact) mass is 248 g/mol. The molecule has 0 saturated heterocycles. The van der Waals surface area contributed by atoms with Crippen LogP contribution in [0.5, 0.6) is 0 Å². The van der Waals surface area contributed by atoms with Gasteiger partial charge in [0.1, 0.15) is 11.5 Å². The fourth-order valence-electron chi connectivity index (χ4n) is 2.14. The molecule has 0 aliphatic heterocycles. The molecule has 3 aromatic heterocycles. The van der Waals surface area contributed by atoms with E-state index < -0.39 is 0 Å². The topological polar surface area (TPSA) is 42.2 Å². The zero-order valence-electron chi connectivity index (χ0n) is 10.5. The van der Waals surface area contributed by atoms with Crippen LogP contribution < -0.4 is 5.32 Å². The first-order valence-electron chi connectivity index (χ1n) is 5.91. The van der Waals surface area contributed by atoms with E-state index in [2.05, 4.69) is 25.7 Å². The molecule has 0 bridgehead atoms. The van der Waals surface area contributed by atoms with Gasteiger partial charge in [-0.05, 0) is 31.2 Å². The van der Waals surface area contributed by atoms with Gasteiger partial charge in [0.05, 0.1) is 11.4 Å². The van der Waals surface area contributed by atoms with Crippen molar-refractivity contribution in [2.45, 2.75) is 6.92 Å². The lowest BCUT2D eigenvalue weighted by Crippen LogP contribution is -1.93. The van der Waals surface area contributed by atoms with E-state index in [1.54, 1.807) is 6.20 Å². The molecular weight excluding hydrogens is 236 g/mol. The first-order valence-corrected chi connectivity index (χ1v) is 5.91. The molecule has 1 N–H and O–H groups in total. The van der Waals surface area contributed by atoms with E-state index in [1.807, 2.05) is 43.5 Å². The second-order valence-electron chi connectivity index (χ2n) is 4.18. The predicted octanol–water partition coefficient (Wildman–Crippen LogP) is 2.71. The van der Waals surface area contributed by atoms with Gasteiger partial charge in [-0.25, -0.2) is 9.97 Å². The van der Waals surface area contributed by atoms with Crippen LogP contribution in [0.15, 0.2) is 42.7 Å². The fourth-order valence-corrected chi connectivity index (χ4v) is 2.14. The van der Waals surface area contributed by atoms with Gasteiger partial charge in [-0.2, -0.15) is 0 Å². The summed E-state index contributed by atoms with van der Waals surface area (Å²) in [6, 6.07) is 12.1. The lowest BCUT2D eigenvalue weighted by Gasteiger charge is -2.04. The molecule has 3 aromatic rings. The van der Waals surface area contributed by atoms with Crippen LogP contribution in [-0.2, 0) is 0 Å². The van der Waals surface area contributed by atoms with Crippen LogP contribution in [0.3, 0.4) is 0 Å². The quantitative estimate of drug-likeness (QED) is 0.560. The van der Waals surface area contributed by atoms with E-state index in [1.165, 1.54) is 0 Å². The van der Waals surface area contributed by atoms with E-state index in [4.69, 9.17) is 6.42 Å². The minimum Gasteiger partial charge on any atom is -0.300 e. The average Bonchev–Trinajstić information content (AvgIpc) is 2.76. The maximum Gasteiger partial charge on any atom is 0.137 e. The Balaban J connectivity index is 2.14. The molecule has 0 saturated carbocycles. The Bertz CT molecular complexity index is 763. The predicted molar refractivity (Wildman–Crippen MR) is 75.6 cm³/mol. The van der Waals surface area contributed by atoms with E-state index >= 15 is 0 Å². The largest absolute Gasteiger partial charge is 0.300 e. The molecule has 0 atom stereocenters. The van der Waals surface area contributed by atoms with Crippen molar-refractivity contribution in [2.75, 3.05) is 5.32 Å². The summed E-state index contributed by atoms with van der Waals surface area (Å²) in [5.41, 5.74) is 3.97. The maximum atomic E-state index is 5.18. The highest BCUT2D eigenvalue weighted by atomic mass is 15.0. The summed E-state index contributed by atoms with van der Waals surface area (Å²) in [5.74, 6) is 0.665. The Hall–Kier alpha value is -2.80. The van der Waals surface area contributed by atoms with Gasteiger partial charge in [-0.15, -0.1) is 0 Å². The number of pyridine rings is 2. The number of hydrogen-bond acceptors (Lipinski definition) is 3. The Morgan fingerprint density at radius 3 is 2.89 bits per heavy atom. The van der Waals surface area contributed by atoms with Crippen LogP contribution in [0, 0.1) is 19.4 Å². The van der Waals surface area contributed by atoms with Crippen molar-refractivity contribution in [3.63, 3.8) is 0 Å². The van der Waals surface area contributed by atoms with E-state index in [0.29, 0.717) is 5.82 Å². The molecule has 0 radical (unpaired) electrons. The molecule has 0 unspecified atom stereocenters. The standard InChI is InChI=1S/C15H12N4/c1-3-16-13-8-7-12(10-17-13)15-11(2)18-14-6-4-5-9-19(14)15/h1,4-10H,2H3,(H,16,17). The van der Waals surface area contributed by atoms with Gasteiger partial charge in [0.25, 0.3) is 0 Å². The number of rotatable bonds is 2. The van der Waals surface area contributed by atoms with Crippen LogP contribution in [-0.4, -0.2) is 14.4 Å². The third kappa shape index (κ3) is 1.91. The number of fused-ring (bicyclic) bond motifs is 1. The van der Waals surface area contributed by atoms with Gasteiger partial charge in [0.15, 0.2) is 0 Å². The van der Waals surface area contributed by atoms with Crippen molar-refractivity contribution < 1.29 is 0 Å². The van der Waals surface area contributed by atoms with Crippen molar-refractivity contribution in [1.82, 2.24) is 14.4 Å². The first-order chi connectivity index (χ1) is 9.29. The van der Waals surface area contributed by atoms with Crippen molar-refractivity contribution in [3.8, 4) is 23.7 Å². The Morgan fingerprint density at radius 2 is 2.16 bits per heavy atom. The summed E-state index contributed by atoms with van der Waals surface area (Å²) in [6.45, 7) is 2.00. The minimum atomic E-state index is 0.665. The minimum absolute atomic E-state index is 0.665. The van der Waals surface area contributed by atoms with Crippen molar-refractivity contribution in [2.24, 2.45) is 0 Å². The molecule has 4 heteroatoms. The van der Waals surface area contributed by atoms with E-state index in [-0.39, 0.29) is 0 Å². The first kappa shape index (κ1) is 11.3. The maximum absolute atomic E-state index is 5.18. The van der Waals surface area contributed by atoms with Gasteiger partial charge < -0.3 is 0 Å². The van der Waals surface area contributed by atoms with Crippen LogP contribution in [0.4, 0.5) is 5.82 Å². The van der Waals surface area contributed by atoms with Gasteiger partial charge in [0.2, 0.25) is 0 Å². The molecule has 0 amide bonds. The highest BCUT2D eigenvalue weighted by molar-refractivity contribution is 5.67. The third-order valence-electron chi connectivity index (χ3n) is 2.94. The smallest absolute Gasteiger partial charge is 0.137 e. The number of nitrogens with zero attached hydrogens (tertiary/aromatic N) is 3. The summed E-state index contributed by atoms with van der Waals surface area (Å²) in [4.78, 5) is 8.81. The number of aryl methyl sites for hydroxylation is 1. The number of aromatic nitrogens is 3. The molecule has 19 heavy (non-hydrogen) atoms. The molecule has 3 heterocycles. The van der Waals surface area contributed by atoms with Crippen LogP contribution in [0.1, 0.15) is 5.69 Å². The van der Waals surface area contributed by atoms with Crippen molar-refractivity contribution in [1.29, 1.82) is 0 Å². The van der Waals surface area contributed by atoms with Gasteiger partial charge in [0, 0.05) is 24.0 Å². The molecule has 0 spiro atoms. The van der Waals surface area contributed by atoms with Crippen molar-refractivity contribution in [3.05, 3.63) is 48.4 Å². The molecule has 0 aliphatic carbocycles. The lowest BCUT2D eigenvalue weighted by atomic mass is 10.2. The summed E-state index contributed by atoms with van der Waals surface area (Å²) in [6.07, 6.45) is 8.97. The summed E-state index contributed by atoms with van der Waals surface area (Å²) < 4.78 is 2.06. The number of imidazole rings is 1. The highest BCUT2D eigenvalue weighted by Gasteiger charge is 2.10. The lowest BCUT2D eigenvalue weighted by molar-refractivity contribution is 1.18. The van der Waals surface area contributed by atoms with Crippen molar-refractivity contribution >= 4 is 11.5 Å². The van der Waals surface area contributed by atoms with Crippen LogP contribution in [0.2, 0.25) is 0 Å². The molecule has 0 fully saturated rings. The number of nitrogens with one attached hydrogen (secondary N) is 1. The van der Waals surface area contributed by atoms with Gasteiger partial charge >= 0.3 is 0 Å². The number of anilines is 1.